The number of aromatic nitrogens is 2. The first kappa shape index (κ1) is 72.8. The topological polar surface area (TPSA) is 500 Å². The second kappa shape index (κ2) is 33.3. The van der Waals surface area contributed by atoms with Gasteiger partial charge in [-0.15, -0.1) is 0 Å². The quantitative estimate of drug-likeness (QED) is 0.0305. The molecule has 2 rings (SSSR count). The minimum atomic E-state index is -2.38. The third kappa shape index (κ3) is 22.1. The molecule has 0 fully saturated rings. The molecular formula is C52H83N11O21. The number of aliphatic hydroxyl groups excluding tert-OH is 7. The zero-order valence-corrected chi connectivity index (χ0v) is 48.4. The molecule has 0 aliphatic rings. The predicted molar refractivity (Wildman–Crippen MR) is 291 cm³/mol. The number of amides is 9. The van der Waals surface area contributed by atoms with E-state index in [9.17, 15) is 99.0 Å². The number of ether oxygens (including phenoxy) is 1. The number of aliphatic carboxylic acids is 1. The number of likely N-dealkylation sites (N-methyl/N-ethyl adjacent to an activating group) is 1. The minimum absolute atomic E-state index is 0.0315. The maximum Gasteiger partial charge on any atom is 0.326 e. The Morgan fingerprint density at radius 3 is 1.73 bits per heavy atom. The molecule has 13 atom stereocenters. The van der Waals surface area contributed by atoms with Gasteiger partial charge in [-0.1, -0.05) is 44.2 Å². The van der Waals surface area contributed by atoms with Crippen LogP contribution in [0.2, 0.25) is 0 Å². The highest BCUT2D eigenvalue weighted by molar-refractivity contribution is 5.98. The lowest BCUT2D eigenvalue weighted by molar-refractivity contribution is -0.156. The van der Waals surface area contributed by atoms with E-state index >= 15 is 0 Å². The number of rotatable bonds is 35. The lowest BCUT2D eigenvalue weighted by Crippen LogP contribution is -2.65. The molecule has 18 N–H and O–H groups in total. The molecular weight excluding hydrogens is 1110 g/mol. The summed E-state index contributed by atoms with van der Waals surface area (Å²) in [4.78, 5) is 138. The second-order valence-electron chi connectivity index (χ2n) is 21.5. The van der Waals surface area contributed by atoms with Crippen LogP contribution in [0.5, 0.6) is 0 Å². The van der Waals surface area contributed by atoms with Crippen molar-refractivity contribution in [2.24, 2.45) is 13.0 Å². The number of carboxylic acid groups (broad SMARTS) is 1. The SMILES string of the molecule is CO[C@@H](CNC(=O)[C@H](NC(=O)[C@H](O)[C@H](C)O)[C@H](O)c1cncn1C)[C@H](O)[C@H](O)C(=O)N(C)[C@@H](Cc1ccccc1)C(=O)NCC(=O)N[C@H](C(=O)N[C@@H](CO)C(=O)N[C@H](C(=O)N[C@@H](CC(C)C)C(=O)N[C@@H](CCO)C(=O)O)C(C)(C)O)C(C)(C)O. The molecule has 32 nitrogen and oxygen atoms in total. The van der Waals surface area contributed by atoms with Crippen molar-refractivity contribution >= 4 is 59.1 Å². The summed E-state index contributed by atoms with van der Waals surface area (Å²) in [6.07, 6.45) is -9.74. The Bertz CT molecular complexity index is 2540. The number of nitrogens with one attached hydrogen (secondary N) is 8. The highest BCUT2D eigenvalue weighted by Crippen LogP contribution is 2.19. The van der Waals surface area contributed by atoms with Gasteiger partial charge in [0, 0.05) is 47.2 Å². The van der Waals surface area contributed by atoms with Gasteiger partial charge in [0.1, 0.15) is 60.6 Å². The standard InChI is InChI=1S/C52H83N11O21/c1-25(2)18-29(42(72)56-28(16-17-64)50(80)81)57-48(78)41(52(6,7)83)61-43(73)30(23-65)58-47(77)40(51(4,5)82)59-34(67)22-55-44(74)31(19-27-14-12-11-13-15-27)63(9)49(79)39(71)38(70)33(84-10)21-54-45(75)35(60-46(76)36(68)26(3)66)37(69)32-20-53-24-62(32)8/h11-15,20,24-26,28-31,33,35-41,64-66,68-71,82-83H,16-19,21-23H2,1-10H3,(H,54,75)(H,55,74)(H,56,72)(H,57,78)(H,58,77)(H,59,67)(H,60,76)(H,61,73)(H,80,81)/t26-,28-,29-,30-,31-,33-,35+,36+,37+,38-,39-,40+,41+/m0/s1. The molecule has 0 aliphatic heterocycles. The fourth-order valence-corrected chi connectivity index (χ4v) is 8.11. The zero-order valence-electron chi connectivity index (χ0n) is 48.4. The summed E-state index contributed by atoms with van der Waals surface area (Å²) >= 11 is 0. The van der Waals surface area contributed by atoms with Gasteiger partial charge in [0.15, 0.2) is 12.2 Å². The number of hydrogen-bond donors (Lipinski definition) is 18. The lowest BCUT2D eigenvalue weighted by atomic mass is 9.95. The average molecular weight is 1200 g/mol. The van der Waals surface area contributed by atoms with Gasteiger partial charge in [0.2, 0.25) is 41.4 Å². The Labute approximate surface area is 484 Å². The third-order valence-electron chi connectivity index (χ3n) is 13.0. The first-order chi connectivity index (χ1) is 39.0. The molecule has 472 valence electrons. The number of carbonyl (C=O) groups excluding carboxylic acids is 9. The van der Waals surface area contributed by atoms with Gasteiger partial charge >= 0.3 is 5.97 Å². The molecule has 0 aliphatic carbocycles. The number of aliphatic hydroxyl groups is 9. The molecule has 1 aromatic heterocycles. The molecule has 2 aromatic rings. The van der Waals surface area contributed by atoms with E-state index in [0.717, 1.165) is 53.7 Å². The van der Waals surface area contributed by atoms with Crippen LogP contribution in [0.15, 0.2) is 42.9 Å². The Morgan fingerprint density at radius 1 is 0.690 bits per heavy atom. The smallest absolute Gasteiger partial charge is 0.326 e. The molecule has 0 spiro atoms. The number of nitrogens with zero attached hydrogens (tertiary/aromatic N) is 3. The predicted octanol–water partition coefficient (Wildman–Crippen LogP) is -7.81. The fraction of sp³-hybridized carbons (Fsp3) is 0.635. The van der Waals surface area contributed by atoms with Crippen molar-refractivity contribution in [1.29, 1.82) is 0 Å². The van der Waals surface area contributed by atoms with Crippen molar-refractivity contribution < 1.29 is 104 Å². The van der Waals surface area contributed by atoms with Crippen LogP contribution in [0.1, 0.15) is 78.7 Å². The molecule has 9 amide bonds. The number of carbonyl (C=O) groups is 10. The molecule has 0 saturated heterocycles. The number of aryl methyl sites for hydroxylation is 1. The van der Waals surface area contributed by atoms with Crippen LogP contribution in [-0.4, -0.2) is 249 Å². The van der Waals surface area contributed by atoms with Gasteiger partial charge in [-0.25, -0.2) is 9.78 Å². The summed E-state index contributed by atoms with van der Waals surface area (Å²) in [5.74, 6) is -12.2. The van der Waals surface area contributed by atoms with Crippen molar-refractivity contribution in [2.45, 2.75) is 158 Å². The molecule has 84 heavy (non-hydrogen) atoms. The molecule has 0 unspecified atom stereocenters. The minimum Gasteiger partial charge on any atom is -0.480 e. The molecule has 1 aromatic carbocycles. The largest absolute Gasteiger partial charge is 0.480 e. The summed E-state index contributed by atoms with van der Waals surface area (Å²) in [7, 11) is 3.61. The highest BCUT2D eigenvalue weighted by Gasteiger charge is 2.43. The Balaban J connectivity index is 2.29. The summed E-state index contributed by atoms with van der Waals surface area (Å²) in [5, 5.41) is 122. The summed E-state index contributed by atoms with van der Waals surface area (Å²) in [6.45, 7) is 5.46. The molecule has 32 heteroatoms. The van der Waals surface area contributed by atoms with E-state index in [1.54, 1.807) is 44.2 Å². The normalized spacial score (nSPS) is 16.4. The van der Waals surface area contributed by atoms with E-state index in [2.05, 4.69) is 47.5 Å². The number of imidazole rings is 1. The van der Waals surface area contributed by atoms with Crippen molar-refractivity contribution in [3.8, 4) is 0 Å². The van der Waals surface area contributed by atoms with Gasteiger partial charge in [-0.05, 0) is 52.5 Å². The third-order valence-corrected chi connectivity index (χ3v) is 13.0. The van der Waals surface area contributed by atoms with E-state index in [1.165, 1.54) is 24.1 Å². The first-order valence-electron chi connectivity index (χ1n) is 26.5. The van der Waals surface area contributed by atoms with Gasteiger partial charge in [0.05, 0.1) is 48.7 Å². The van der Waals surface area contributed by atoms with Gasteiger partial charge < -0.3 is 108 Å². The number of methoxy groups -OCH3 is 1. The van der Waals surface area contributed by atoms with Gasteiger partial charge in [-0.2, -0.15) is 0 Å². The Hall–Kier alpha value is -7.27. The van der Waals surface area contributed by atoms with Crippen molar-refractivity contribution in [2.75, 3.05) is 40.5 Å². The van der Waals surface area contributed by atoms with Crippen LogP contribution < -0.4 is 42.5 Å². The average Bonchev–Trinajstić information content (AvgIpc) is 3.99. The summed E-state index contributed by atoms with van der Waals surface area (Å²) < 4.78 is 6.60. The molecule has 0 radical (unpaired) electrons. The maximum atomic E-state index is 14.0. The van der Waals surface area contributed by atoms with Crippen molar-refractivity contribution in [3.05, 3.63) is 54.1 Å². The molecule has 0 bridgehead atoms. The first-order valence-corrected chi connectivity index (χ1v) is 26.5. The second-order valence-corrected chi connectivity index (χ2v) is 21.5. The van der Waals surface area contributed by atoms with Gasteiger partial charge in [-0.3, -0.25) is 43.2 Å². The monoisotopic (exact) mass is 1200 g/mol. The van der Waals surface area contributed by atoms with Crippen LogP contribution in [0.25, 0.3) is 0 Å². The highest BCUT2D eigenvalue weighted by atomic mass is 16.5. The van der Waals surface area contributed by atoms with E-state index in [4.69, 9.17) is 4.74 Å². The Kier molecular flexibility index (Phi) is 28.9. The van der Waals surface area contributed by atoms with Crippen molar-refractivity contribution in [1.82, 2.24) is 57.0 Å². The Morgan fingerprint density at radius 2 is 1.24 bits per heavy atom. The van der Waals surface area contributed by atoms with Crippen LogP contribution in [0, 0.1) is 5.92 Å². The van der Waals surface area contributed by atoms with Gasteiger partial charge in [0.25, 0.3) is 11.8 Å². The number of benzene rings is 1. The van der Waals surface area contributed by atoms with Crippen LogP contribution in [-0.2, 0) is 66.2 Å². The van der Waals surface area contributed by atoms with E-state index < -0.39 is 176 Å². The van der Waals surface area contributed by atoms with Crippen LogP contribution in [0.4, 0.5) is 0 Å². The zero-order chi connectivity index (χ0) is 64.1. The number of hydrogen-bond acceptors (Lipinski definition) is 21. The molecule has 0 saturated carbocycles. The van der Waals surface area contributed by atoms with E-state index in [-0.39, 0.29) is 30.9 Å². The van der Waals surface area contributed by atoms with E-state index in [1.807, 2.05) is 0 Å². The molecule has 1 heterocycles. The number of carboxylic acids is 1. The summed E-state index contributed by atoms with van der Waals surface area (Å²) in [6, 6.07) is -4.10. The van der Waals surface area contributed by atoms with Crippen molar-refractivity contribution in [3.63, 3.8) is 0 Å². The summed E-state index contributed by atoms with van der Waals surface area (Å²) in [5.41, 5.74) is -3.76. The van der Waals surface area contributed by atoms with E-state index in [0.29, 0.717) is 5.56 Å². The fourth-order valence-electron chi connectivity index (χ4n) is 8.11. The maximum absolute atomic E-state index is 14.0. The van der Waals surface area contributed by atoms with Crippen LogP contribution in [0.3, 0.4) is 0 Å². The van der Waals surface area contributed by atoms with Crippen LogP contribution >= 0.6 is 0 Å². The lowest BCUT2D eigenvalue weighted by Gasteiger charge is -2.33.